The van der Waals surface area contributed by atoms with Crippen molar-refractivity contribution in [2.45, 2.75) is 25.1 Å². The summed E-state index contributed by atoms with van der Waals surface area (Å²) in [5.74, 6) is -0.890. The van der Waals surface area contributed by atoms with Gasteiger partial charge in [-0.05, 0) is 24.8 Å². The molecule has 3 heterocycles. The fourth-order valence-electron chi connectivity index (χ4n) is 3.74. The number of halogens is 3. The van der Waals surface area contributed by atoms with Gasteiger partial charge in [-0.2, -0.15) is 13.2 Å². The summed E-state index contributed by atoms with van der Waals surface area (Å²) in [4.78, 5) is 13.5. The van der Waals surface area contributed by atoms with E-state index < -0.39 is 35.2 Å². The van der Waals surface area contributed by atoms with Crippen LogP contribution in [0.2, 0.25) is 0 Å². The van der Waals surface area contributed by atoms with Gasteiger partial charge in [0.1, 0.15) is 17.8 Å². The molecule has 1 aliphatic heterocycles. The number of anilines is 1. The van der Waals surface area contributed by atoms with E-state index in [2.05, 4.69) is 15.0 Å². The molecule has 2 aromatic heterocycles. The Labute approximate surface area is 154 Å². The second-order valence-corrected chi connectivity index (χ2v) is 9.39. The van der Waals surface area contributed by atoms with Crippen LogP contribution in [0.25, 0.3) is 11.0 Å². The van der Waals surface area contributed by atoms with Gasteiger partial charge < -0.3 is 9.88 Å². The van der Waals surface area contributed by atoms with Crippen LogP contribution < -0.4 is 4.90 Å². The molecule has 27 heavy (non-hydrogen) atoms. The number of aromatic amines is 1. The number of sulfonamides is 1. The van der Waals surface area contributed by atoms with Crippen LogP contribution in [0, 0.1) is 11.8 Å². The first-order valence-corrected chi connectivity index (χ1v) is 10.3. The van der Waals surface area contributed by atoms with E-state index >= 15 is 0 Å². The highest BCUT2D eigenvalue weighted by molar-refractivity contribution is 7.89. The van der Waals surface area contributed by atoms with Crippen molar-refractivity contribution >= 4 is 26.9 Å². The third-order valence-electron chi connectivity index (χ3n) is 5.58. The first-order valence-electron chi connectivity index (χ1n) is 8.70. The topological polar surface area (TPSA) is 82.2 Å². The van der Waals surface area contributed by atoms with Gasteiger partial charge in [0.05, 0.1) is 17.1 Å². The zero-order valence-electron chi connectivity index (χ0n) is 14.6. The summed E-state index contributed by atoms with van der Waals surface area (Å²) >= 11 is 0. The quantitative estimate of drug-likeness (QED) is 0.826. The molecule has 2 aliphatic rings. The molecule has 0 spiro atoms. The number of nitrogens with one attached hydrogen (secondary N) is 1. The van der Waals surface area contributed by atoms with Gasteiger partial charge in [0.25, 0.3) is 0 Å². The molecule has 0 aromatic carbocycles. The fraction of sp³-hybridized carbons (Fsp3) is 0.625. The molecule has 1 aliphatic carbocycles. The molecule has 0 amide bonds. The zero-order chi connectivity index (χ0) is 19.4. The highest BCUT2D eigenvalue weighted by atomic mass is 32.2. The third-order valence-corrected chi connectivity index (χ3v) is 7.55. The van der Waals surface area contributed by atoms with Crippen LogP contribution in [0.3, 0.4) is 0 Å². The first-order chi connectivity index (χ1) is 12.6. The van der Waals surface area contributed by atoms with Crippen molar-refractivity contribution < 1.29 is 21.6 Å². The number of nitrogens with zero attached hydrogens (tertiary/aromatic N) is 4. The Morgan fingerprint density at radius 1 is 1.30 bits per heavy atom. The second-order valence-electron chi connectivity index (χ2n) is 7.37. The van der Waals surface area contributed by atoms with Gasteiger partial charge in [-0.3, -0.25) is 0 Å². The van der Waals surface area contributed by atoms with Crippen LogP contribution in [-0.2, 0) is 10.0 Å². The van der Waals surface area contributed by atoms with Gasteiger partial charge in [-0.1, -0.05) is 0 Å². The number of alkyl halides is 3. The molecule has 0 unspecified atom stereocenters. The zero-order valence-corrected chi connectivity index (χ0v) is 15.5. The Morgan fingerprint density at radius 2 is 2.00 bits per heavy atom. The second kappa shape index (κ2) is 6.33. The molecule has 4 rings (SSSR count). The highest BCUT2D eigenvalue weighted by Gasteiger charge is 2.51. The van der Waals surface area contributed by atoms with Crippen molar-refractivity contribution in [1.82, 2.24) is 19.3 Å². The largest absolute Gasteiger partial charge is 0.394 e. The predicted molar refractivity (Wildman–Crippen MR) is 93.7 cm³/mol. The SMILES string of the molecule is CN(c1ncnc2[nH]ccc12)C1CC(CS(=O)(=O)N2CC(C(F)(F)F)C2)C1. The lowest BCUT2D eigenvalue weighted by Crippen LogP contribution is -2.57. The Balaban J connectivity index is 1.33. The monoisotopic (exact) mass is 403 g/mol. The molecule has 1 saturated carbocycles. The van der Waals surface area contributed by atoms with Crippen LogP contribution in [0.5, 0.6) is 0 Å². The summed E-state index contributed by atoms with van der Waals surface area (Å²) in [6.45, 7) is -0.900. The third kappa shape index (κ3) is 3.38. The maximum atomic E-state index is 12.6. The van der Waals surface area contributed by atoms with Crippen molar-refractivity contribution in [1.29, 1.82) is 0 Å². The number of fused-ring (bicyclic) bond motifs is 1. The smallest absolute Gasteiger partial charge is 0.356 e. The fourth-order valence-corrected chi connectivity index (χ4v) is 5.63. The average molecular weight is 403 g/mol. The standard InChI is InChI=1S/C16H20F3N5O2S/c1-23(15-13-2-3-20-14(13)21-9-22-15)12-4-10(5-12)8-27(25,26)24-6-11(7-24)16(17,18)19/h2-3,9-12H,4-8H2,1H3,(H,20,21,22). The lowest BCUT2D eigenvalue weighted by Gasteiger charge is -2.44. The van der Waals surface area contributed by atoms with E-state index in [1.165, 1.54) is 6.33 Å². The van der Waals surface area contributed by atoms with Crippen LogP contribution in [0.1, 0.15) is 12.8 Å². The Kier molecular flexibility index (Phi) is 4.34. The lowest BCUT2D eigenvalue weighted by molar-refractivity contribution is -0.198. The molecule has 0 atom stereocenters. The number of aromatic nitrogens is 3. The van der Waals surface area contributed by atoms with Gasteiger partial charge in [0.2, 0.25) is 10.0 Å². The minimum atomic E-state index is -4.32. The predicted octanol–water partition coefficient (Wildman–Crippen LogP) is 2.00. The van der Waals surface area contributed by atoms with E-state index in [1.807, 2.05) is 18.0 Å². The highest BCUT2D eigenvalue weighted by Crippen LogP contribution is 2.39. The molecule has 7 nitrogen and oxygen atoms in total. The molecule has 1 saturated heterocycles. The van der Waals surface area contributed by atoms with E-state index in [9.17, 15) is 21.6 Å². The Hall–Kier alpha value is -1.88. The summed E-state index contributed by atoms with van der Waals surface area (Å²) in [6.07, 6.45) is 0.280. The molecule has 0 bridgehead atoms. The maximum absolute atomic E-state index is 12.6. The molecule has 0 radical (unpaired) electrons. The number of H-pyrrole nitrogens is 1. The van der Waals surface area contributed by atoms with E-state index in [0.717, 1.165) is 21.2 Å². The van der Waals surface area contributed by atoms with Gasteiger partial charge in [0, 0.05) is 32.4 Å². The van der Waals surface area contributed by atoms with Gasteiger partial charge in [-0.15, -0.1) is 0 Å². The Morgan fingerprint density at radius 3 is 2.67 bits per heavy atom. The van der Waals surface area contributed by atoms with E-state index in [1.54, 1.807) is 6.20 Å². The van der Waals surface area contributed by atoms with E-state index in [4.69, 9.17) is 0 Å². The van der Waals surface area contributed by atoms with Crippen LogP contribution in [-0.4, -0.2) is 65.8 Å². The average Bonchev–Trinajstić information content (AvgIpc) is 2.94. The molecule has 2 fully saturated rings. The van der Waals surface area contributed by atoms with E-state index in [0.29, 0.717) is 12.8 Å². The van der Waals surface area contributed by atoms with Crippen LogP contribution in [0.15, 0.2) is 18.6 Å². The number of hydrogen-bond donors (Lipinski definition) is 1. The van der Waals surface area contributed by atoms with Crippen LogP contribution >= 0.6 is 0 Å². The van der Waals surface area contributed by atoms with Gasteiger partial charge in [0.15, 0.2) is 0 Å². The number of hydrogen-bond acceptors (Lipinski definition) is 5. The van der Waals surface area contributed by atoms with Crippen molar-refractivity contribution in [3.63, 3.8) is 0 Å². The lowest BCUT2D eigenvalue weighted by atomic mass is 9.81. The van der Waals surface area contributed by atoms with Gasteiger partial charge in [-0.25, -0.2) is 22.7 Å². The summed E-state index contributed by atoms with van der Waals surface area (Å²) in [5.41, 5.74) is 0.738. The van der Waals surface area contributed by atoms with Gasteiger partial charge >= 0.3 is 6.18 Å². The number of rotatable bonds is 5. The summed E-state index contributed by atoms with van der Waals surface area (Å²) < 4.78 is 63.2. The molecular weight excluding hydrogens is 383 g/mol. The minimum absolute atomic E-state index is 0.0454. The summed E-state index contributed by atoms with van der Waals surface area (Å²) in [5, 5.41) is 0.898. The van der Waals surface area contributed by atoms with Crippen molar-refractivity contribution in [2.75, 3.05) is 30.8 Å². The summed E-state index contributed by atoms with van der Waals surface area (Å²) in [6, 6.07) is 2.04. The molecule has 11 heteroatoms. The maximum Gasteiger partial charge on any atom is 0.394 e. The molecule has 2 aromatic rings. The first kappa shape index (κ1) is 18.5. The van der Waals surface area contributed by atoms with E-state index in [-0.39, 0.29) is 17.7 Å². The van der Waals surface area contributed by atoms with Crippen molar-refractivity contribution in [3.8, 4) is 0 Å². The molecule has 148 valence electrons. The molecule has 1 N–H and O–H groups in total. The molecular formula is C16H20F3N5O2S. The minimum Gasteiger partial charge on any atom is -0.356 e. The summed E-state index contributed by atoms with van der Waals surface area (Å²) in [7, 11) is -1.72. The van der Waals surface area contributed by atoms with Crippen molar-refractivity contribution in [2.24, 2.45) is 11.8 Å². The van der Waals surface area contributed by atoms with Crippen molar-refractivity contribution in [3.05, 3.63) is 18.6 Å². The van der Waals surface area contributed by atoms with Crippen LogP contribution in [0.4, 0.5) is 19.0 Å². The normalized spacial score (nSPS) is 24.6. The Bertz CT molecular complexity index is 933.